The van der Waals surface area contributed by atoms with Crippen LogP contribution in [0.1, 0.15) is 76.2 Å². The van der Waals surface area contributed by atoms with Crippen molar-refractivity contribution in [2.24, 2.45) is 0 Å². The van der Waals surface area contributed by atoms with Gasteiger partial charge in [0.2, 0.25) is 11.8 Å². The number of piperidine rings is 1. The van der Waals surface area contributed by atoms with E-state index in [0.717, 1.165) is 37.2 Å². The minimum atomic E-state index is -0.562. The zero-order valence-electron chi connectivity index (χ0n) is 23.2. The number of nitrogens with one attached hydrogen (secondary N) is 1. The van der Waals surface area contributed by atoms with Gasteiger partial charge in [0, 0.05) is 31.4 Å². The first kappa shape index (κ1) is 29.4. The first-order valence-corrected chi connectivity index (χ1v) is 14.8. The zero-order chi connectivity index (χ0) is 26.2. The van der Waals surface area contributed by atoms with Crippen LogP contribution in [0.25, 0.3) is 0 Å². The minimum absolute atomic E-state index is 0. The van der Waals surface area contributed by atoms with E-state index in [1.165, 1.54) is 57.8 Å². The lowest BCUT2D eigenvalue weighted by Gasteiger charge is -2.45. The summed E-state index contributed by atoms with van der Waals surface area (Å²) in [7, 11) is 0. The molecule has 39 heavy (non-hydrogen) atoms. The minimum Gasteiger partial charge on any atom is -0.350 e. The van der Waals surface area contributed by atoms with E-state index < -0.39 is 5.54 Å². The zero-order valence-corrected chi connectivity index (χ0v) is 24.0. The van der Waals surface area contributed by atoms with Gasteiger partial charge in [-0.05, 0) is 43.4 Å². The van der Waals surface area contributed by atoms with Crippen LogP contribution in [0.15, 0.2) is 60.7 Å². The Labute approximate surface area is 240 Å². The van der Waals surface area contributed by atoms with Crippen molar-refractivity contribution in [3.8, 4) is 0 Å². The largest absolute Gasteiger partial charge is 0.350 e. The SMILES string of the molecule is Cl.O=C(CN1CN(c2ccccc2)C2(CCN(C3CCCCCCCCC3)CC2)C1=O)NCc1ccccc1. The van der Waals surface area contributed by atoms with Crippen LogP contribution in [0.2, 0.25) is 0 Å². The third kappa shape index (κ3) is 7.15. The van der Waals surface area contributed by atoms with Gasteiger partial charge < -0.3 is 20.0 Å². The second-order valence-corrected chi connectivity index (χ2v) is 11.4. The smallest absolute Gasteiger partial charge is 0.250 e. The summed E-state index contributed by atoms with van der Waals surface area (Å²) < 4.78 is 0. The van der Waals surface area contributed by atoms with Gasteiger partial charge in [-0.2, -0.15) is 0 Å². The van der Waals surface area contributed by atoms with Crippen molar-refractivity contribution in [2.75, 3.05) is 31.2 Å². The van der Waals surface area contributed by atoms with Crippen molar-refractivity contribution in [2.45, 2.75) is 88.8 Å². The number of rotatable bonds is 6. The molecule has 0 bridgehead atoms. The third-order valence-electron chi connectivity index (χ3n) is 8.97. The lowest BCUT2D eigenvalue weighted by molar-refractivity contribution is -0.137. The Morgan fingerprint density at radius 3 is 2.00 bits per heavy atom. The first-order valence-electron chi connectivity index (χ1n) is 14.8. The summed E-state index contributed by atoms with van der Waals surface area (Å²) in [5.74, 6) is 0.00743. The van der Waals surface area contributed by atoms with E-state index in [9.17, 15) is 9.59 Å². The van der Waals surface area contributed by atoms with Crippen LogP contribution < -0.4 is 10.2 Å². The molecular weight excluding hydrogens is 508 g/mol. The molecular formula is C32H45ClN4O2. The Bertz CT molecular complexity index is 1030. The van der Waals surface area contributed by atoms with Gasteiger partial charge in [-0.25, -0.2) is 0 Å². The Morgan fingerprint density at radius 2 is 1.38 bits per heavy atom. The van der Waals surface area contributed by atoms with Crippen LogP contribution in [0.4, 0.5) is 5.69 Å². The number of carbonyl (C=O) groups excluding carboxylic acids is 2. The van der Waals surface area contributed by atoms with Gasteiger partial charge >= 0.3 is 0 Å². The predicted molar refractivity (Wildman–Crippen MR) is 160 cm³/mol. The van der Waals surface area contributed by atoms with Crippen LogP contribution in [0.3, 0.4) is 0 Å². The summed E-state index contributed by atoms with van der Waals surface area (Å²) in [5.41, 5.74) is 1.57. The fraction of sp³-hybridized carbons (Fsp3) is 0.562. The second kappa shape index (κ2) is 14.2. The molecule has 0 atom stereocenters. The van der Waals surface area contributed by atoms with Gasteiger partial charge in [-0.1, -0.05) is 93.5 Å². The van der Waals surface area contributed by atoms with Gasteiger partial charge in [0.05, 0.1) is 6.67 Å². The van der Waals surface area contributed by atoms with E-state index in [4.69, 9.17) is 0 Å². The molecule has 7 heteroatoms. The molecule has 6 nitrogen and oxygen atoms in total. The van der Waals surface area contributed by atoms with Crippen molar-refractivity contribution in [1.82, 2.24) is 15.1 Å². The van der Waals surface area contributed by atoms with Crippen molar-refractivity contribution in [1.29, 1.82) is 0 Å². The number of halogens is 1. The van der Waals surface area contributed by atoms with E-state index in [-0.39, 0.29) is 30.8 Å². The predicted octanol–water partition coefficient (Wildman–Crippen LogP) is 5.76. The van der Waals surface area contributed by atoms with E-state index in [1.54, 1.807) is 4.90 Å². The van der Waals surface area contributed by atoms with E-state index in [0.29, 0.717) is 19.3 Å². The standard InChI is InChI=1S/C32H44N4O2.ClH/c37-30(33-24-27-14-8-6-9-15-27)25-35-26-36(29-18-12-7-13-19-29)32(31(35)38)20-22-34(23-21-32)28-16-10-4-2-1-3-5-11-17-28;/h6-9,12-15,18-19,28H,1-5,10-11,16-17,20-26H2,(H,33,37);1H. The lowest BCUT2D eigenvalue weighted by atomic mass is 9.84. The molecule has 2 aliphatic heterocycles. The van der Waals surface area contributed by atoms with Gasteiger partial charge in [0.15, 0.2) is 0 Å². The summed E-state index contributed by atoms with van der Waals surface area (Å²) in [6.45, 7) is 2.95. The third-order valence-corrected chi connectivity index (χ3v) is 8.97. The number of carbonyl (C=O) groups is 2. The maximum Gasteiger partial charge on any atom is 0.250 e. The second-order valence-electron chi connectivity index (χ2n) is 11.4. The molecule has 2 amide bonds. The average Bonchev–Trinajstić information content (AvgIpc) is 3.22. The molecule has 5 rings (SSSR count). The number of likely N-dealkylation sites (tertiary alicyclic amines) is 1. The highest BCUT2D eigenvalue weighted by molar-refractivity contribution is 5.96. The van der Waals surface area contributed by atoms with Crippen LogP contribution in [0, 0.1) is 0 Å². The Morgan fingerprint density at radius 1 is 0.821 bits per heavy atom. The molecule has 212 valence electrons. The number of hydrogen-bond acceptors (Lipinski definition) is 4. The average molecular weight is 553 g/mol. The highest BCUT2D eigenvalue weighted by Crippen LogP contribution is 2.40. The maximum atomic E-state index is 14.0. The van der Waals surface area contributed by atoms with Crippen LogP contribution in [0.5, 0.6) is 0 Å². The van der Waals surface area contributed by atoms with E-state index in [2.05, 4.69) is 27.2 Å². The van der Waals surface area contributed by atoms with Crippen LogP contribution in [-0.4, -0.2) is 59.5 Å². The first-order chi connectivity index (χ1) is 18.7. The van der Waals surface area contributed by atoms with Crippen LogP contribution in [-0.2, 0) is 16.1 Å². The van der Waals surface area contributed by atoms with E-state index in [1.807, 2.05) is 48.5 Å². The molecule has 3 aliphatic rings. The number of para-hydroxylation sites is 1. The highest BCUT2D eigenvalue weighted by Gasteiger charge is 2.54. The molecule has 1 aliphatic carbocycles. The Balaban J connectivity index is 0.00000353. The fourth-order valence-corrected chi connectivity index (χ4v) is 6.76. The maximum absolute atomic E-state index is 14.0. The van der Waals surface area contributed by atoms with Gasteiger partial charge in [-0.3, -0.25) is 9.59 Å². The van der Waals surface area contributed by atoms with Crippen molar-refractivity contribution < 1.29 is 9.59 Å². The number of benzene rings is 2. The Kier molecular flexibility index (Phi) is 10.7. The van der Waals surface area contributed by atoms with Gasteiger partial charge in [-0.15, -0.1) is 12.4 Å². The monoisotopic (exact) mass is 552 g/mol. The molecule has 2 saturated heterocycles. The van der Waals surface area contributed by atoms with Crippen LogP contribution >= 0.6 is 12.4 Å². The Hall–Kier alpha value is -2.57. The molecule has 2 aromatic carbocycles. The summed E-state index contributed by atoms with van der Waals surface area (Å²) in [6, 6.07) is 20.9. The molecule has 0 aromatic heterocycles. The number of nitrogens with zero attached hydrogens (tertiary/aromatic N) is 3. The molecule has 3 fully saturated rings. The van der Waals surface area contributed by atoms with E-state index >= 15 is 0 Å². The molecule has 0 unspecified atom stereocenters. The molecule has 1 spiro atoms. The van der Waals surface area contributed by atoms with Crippen molar-refractivity contribution >= 4 is 29.9 Å². The fourth-order valence-electron chi connectivity index (χ4n) is 6.76. The van der Waals surface area contributed by atoms with Crippen molar-refractivity contribution in [3.05, 3.63) is 66.2 Å². The molecule has 2 heterocycles. The molecule has 1 N–H and O–H groups in total. The highest BCUT2D eigenvalue weighted by atomic mass is 35.5. The van der Waals surface area contributed by atoms with Gasteiger partial charge in [0.1, 0.15) is 12.1 Å². The quantitative estimate of drug-likeness (QED) is 0.495. The number of hydrogen-bond donors (Lipinski definition) is 1. The lowest BCUT2D eigenvalue weighted by Crippen LogP contribution is -2.58. The summed E-state index contributed by atoms with van der Waals surface area (Å²) in [4.78, 5) is 33.6. The van der Waals surface area contributed by atoms with Crippen molar-refractivity contribution in [3.63, 3.8) is 0 Å². The summed E-state index contributed by atoms with van der Waals surface area (Å²) in [5, 5.41) is 3.00. The number of anilines is 1. The topological polar surface area (TPSA) is 55.9 Å². The normalized spacial score (nSPS) is 21.0. The summed E-state index contributed by atoms with van der Waals surface area (Å²) in [6.07, 6.45) is 13.7. The molecule has 0 radical (unpaired) electrons. The molecule has 1 saturated carbocycles. The summed E-state index contributed by atoms with van der Waals surface area (Å²) >= 11 is 0. The number of amides is 2. The van der Waals surface area contributed by atoms with Gasteiger partial charge in [0.25, 0.3) is 0 Å². The molecule has 2 aromatic rings.